The number of nitrogens with two attached hydrogens (primary N) is 1. The van der Waals surface area contributed by atoms with E-state index < -0.39 is 0 Å². The topological polar surface area (TPSA) is 59.2 Å². The van der Waals surface area contributed by atoms with Gasteiger partial charge in [0.25, 0.3) is 0 Å². The van der Waals surface area contributed by atoms with Crippen molar-refractivity contribution in [2.75, 3.05) is 11.4 Å². The van der Waals surface area contributed by atoms with E-state index in [9.17, 15) is 4.79 Å². The molecule has 1 amide bonds. The van der Waals surface area contributed by atoms with Gasteiger partial charge in [-0.25, -0.2) is 4.98 Å². The second-order valence-electron chi connectivity index (χ2n) is 4.45. The highest BCUT2D eigenvalue weighted by molar-refractivity contribution is 7.14. The van der Waals surface area contributed by atoms with E-state index in [1.54, 1.807) is 4.90 Å². The van der Waals surface area contributed by atoms with Crippen LogP contribution in [0, 0.1) is 0 Å². The van der Waals surface area contributed by atoms with E-state index in [0.29, 0.717) is 5.92 Å². The van der Waals surface area contributed by atoms with Crippen molar-refractivity contribution in [2.45, 2.75) is 38.6 Å². The first-order valence-corrected chi connectivity index (χ1v) is 6.50. The third-order valence-corrected chi connectivity index (χ3v) is 3.69. The minimum absolute atomic E-state index is 0.0101. The molecule has 2 heterocycles. The van der Waals surface area contributed by atoms with Gasteiger partial charge >= 0.3 is 0 Å². The van der Waals surface area contributed by atoms with E-state index in [1.165, 1.54) is 11.3 Å². The van der Waals surface area contributed by atoms with E-state index in [4.69, 9.17) is 5.73 Å². The molecule has 2 rings (SSSR count). The number of amides is 1. The number of carbonyl (C=O) groups excluding carboxylic acids is 1. The van der Waals surface area contributed by atoms with Crippen LogP contribution in [0.4, 0.5) is 5.13 Å². The first-order chi connectivity index (χ1) is 7.59. The van der Waals surface area contributed by atoms with Gasteiger partial charge in [0.15, 0.2) is 5.13 Å². The van der Waals surface area contributed by atoms with E-state index in [-0.39, 0.29) is 11.9 Å². The Morgan fingerprint density at radius 1 is 1.62 bits per heavy atom. The summed E-state index contributed by atoms with van der Waals surface area (Å²) in [6.07, 6.45) is 1.75. The summed E-state index contributed by atoms with van der Waals surface area (Å²) in [7, 11) is 0. The summed E-state index contributed by atoms with van der Waals surface area (Å²) in [5.41, 5.74) is 6.81. The largest absolute Gasteiger partial charge is 0.320 e. The van der Waals surface area contributed by atoms with Gasteiger partial charge in [0.1, 0.15) is 0 Å². The summed E-state index contributed by atoms with van der Waals surface area (Å²) < 4.78 is 0. The van der Waals surface area contributed by atoms with Crippen molar-refractivity contribution in [3.05, 3.63) is 11.1 Å². The molecule has 1 aliphatic heterocycles. The molecule has 0 aromatic carbocycles. The highest BCUT2D eigenvalue weighted by atomic mass is 32.1. The fraction of sp³-hybridized carbons (Fsp3) is 0.636. The first-order valence-electron chi connectivity index (χ1n) is 5.62. The average molecular weight is 239 g/mol. The predicted octanol–water partition coefficient (Wildman–Crippen LogP) is 1.72. The molecule has 5 heteroatoms. The monoisotopic (exact) mass is 239 g/mol. The van der Waals surface area contributed by atoms with Crippen LogP contribution in [0.2, 0.25) is 0 Å². The van der Waals surface area contributed by atoms with E-state index in [0.717, 1.165) is 30.2 Å². The van der Waals surface area contributed by atoms with Crippen LogP contribution in [0.3, 0.4) is 0 Å². The van der Waals surface area contributed by atoms with Gasteiger partial charge in [-0.3, -0.25) is 9.69 Å². The zero-order chi connectivity index (χ0) is 11.7. The Balaban J connectivity index is 2.19. The molecular formula is C11H17N3OS. The van der Waals surface area contributed by atoms with Crippen molar-refractivity contribution in [1.82, 2.24) is 4.98 Å². The summed E-state index contributed by atoms with van der Waals surface area (Å²) in [4.78, 5) is 18.1. The molecule has 16 heavy (non-hydrogen) atoms. The molecule has 0 spiro atoms. The molecular weight excluding hydrogens is 222 g/mol. The van der Waals surface area contributed by atoms with Crippen LogP contribution in [0.5, 0.6) is 0 Å². The lowest BCUT2D eigenvalue weighted by Crippen LogP contribution is -2.48. The molecule has 0 bridgehead atoms. The molecule has 1 fully saturated rings. The van der Waals surface area contributed by atoms with Crippen LogP contribution in [-0.2, 0) is 4.79 Å². The molecule has 0 radical (unpaired) electrons. The standard InChI is InChI=1S/C11H17N3OS/c1-7(2)9-6-16-11(13-9)14-5-3-4-8(12)10(14)15/h6-8H,3-5,12H2,1-2H3. The lowest BCUT2D eigenvalue weighted by molar-refractivity contribution is -0.120. The van der Waals surface area contributed by atoms with E-state index in [1.807, 2.05) is 5.38 Å². The van der Waals surface area contributed by atoms with Crippen LogP contribution in [0.15, 0.2) is 5.38 Å². The number of hydrogen-bond donors (Lipinski definition) is 1. The van der Waals surface area contributed by atoms with Crippen molar-refractivity contribution in [2.24, 2.45) is 5.73 Å². The van der Waals surface area contributed by atoms with Crippen LogP contribution >= 0.6 is 11.3 Å². The zero-order valence-corrected chi connectivity index (χ0v) is 10.5. The third-order valence-electron chi connectivity index (χ3n) is 2.81. The van der Waals surface area contributed by atoms with Crippen LogP contribution in [-0.4, -0.2) is 23.5 Å². The van der Waals surface area contributed by atoms with Gasteiger partial charge in [-0.15, -0.1) is 11.3 Å². The molecule has 4 nitrogen and oxygen atoms in total. The Bertz CT molecular complexity index is 388. The molecule has 1 atom stereocenters. The van der Waals surface area contributed by atoms with Crippen LogP contribution in [0.1, 0.15) is 38.3 Å². The molecule has 0 saturated carbocycles. The van der Waals surface area contributed by atoms with Crippen molar-refractivity contribution >= 4 is 22.4 Å². The molecule has 1 unspecified atom stereocenters. The van der Waals surface area contributed by atoms with Gasteiger partial charge in [-0.1, -0.05) is 13.8 Å². The number of carbonyl (C=O) groups is 1. The SMILES string of the molecule is CC(C)c1csc(N2CCCC(N)C2=O)n1. The quantitative estimate of drug-likeness (QED) is 0.855. The van der Waals surface area contributed by atoms with Crippen molar-refractivity contribution in [1.29, 1.82) is 0 Å². The maximum absolute atomic E-state index is 11.9. The molecule has 0 aliphatic carbocycles. The Hall–Kier alpha value is -0.940. The number of rotatable bonds is 2. The second-order valence-corrected chi connectivity index (χ2v) is 5.28. The molecule has 1 aromatic heterocycles. The number of anilines is 1. The Kier molecular flexibility index (Phi) is 3.25. The smallest absolute Gasteiger partial charge is 0.245 e. The summed E-state index contributed by atoms with van der Waals surface area (Å²) in [5.74, 6) is 0.412. The van der Waals surface area contributed by atoms with Crippen molar-refractivity contribution < 1.29 is 4.79 Å². The minimum Gasteiger partial charge on any atom is -0.320 e. The Morgan fingerprint density at radius 2 is 2.38 bits per heavy atom. The maximum Gasteiger partial charge on any atom is 0.245 e. The lowest BCUT2D eigenvalue weighted by Gasteiger charge is -2.28. The average Bonchev–Trinajstić information content (AvgIpc) is 2.71. The number of thiazole rings is 1. The van der Waals surface area contributed by atoms with E-state index >= 15 is 0 Å². The van der Waals surface area contributed by atoms with Gasteiger partial charge in [-0.2, -0.15) is 0 Å². The normalized spacial score (nSPS) is 21.9. The molecule has 1 saturated heterocycles. The summed E-state index contributed by atoms with van der Waals surface area (Å²) in [5, 5.41) is 2.82. The van der Waals surface area contributed by atoms with Crippen LogP contribution < -0.4 is 10.6 Å². The molecule has 1 aromatic rings. The number of nitrogens with zero attached hydrogens (tertiary/aromatic N) is 2. The van der Waals surface area contributed by atoms with Crippen LogP contribution in [0.25, 0.3) is 0 Å². The fourth-order valence-electron chi connectivity index (χ4n) is 1.76. The molecule has 1 aliphatic rings. The van der Waals surface area contributed by atoms with Gasteiger partial charge in [0.05, 0.1) is 11.7 Å². The number of piperidine rings is 1. The Labute approximate surface area is 99.5 Å². The third kappa shape index (κ3) is 2.10. The van der Waals surface area contributed by atoms with Gasteiger partial charge in [0.2, 0.25) is 5.91 Å². The zero-order valence-electron chi connectivity index (χ0n) is 9.64. The molecule has 2 N–H and O–H groups in total. The first kappa shape index (κ1) is 11.5. The summed E-state index contributed by atoms with van der Waals surface area (Å²) in [6.45, 7) is 4.95. The lowest BCUT2D eigenvalue weighted by atomic mass is 10.1. The maximum atomic E-state index is 11.9. The number of aromatic nitrogens is 1. The predicted molar refractivity (Wildman–Crippen MR) is 65.8 cm³/mol. The Morgan fingerprint density at radius 3 is 3.00 bits per heavy atom. The molecule has 88 valence electrons. The summed E-state index contributed by atoms with van der Waals surface area (Å²) >= 11 is 1.53. The highest BCUT2D eigenvalue weighted by Gasteiger charge is 2.28. The van der Waals surface area contributed by atoms with Gasteiger partial charge in [-0.05, 0) is 18.8 Å². The fourth-order valence-corrected chi connectivity index (χ4v) is 2.78. The van der Waals surface area contributed by atoms with Crippen molar-refractivity contribution in [3.8, 4) is 0 Å². The minimum atomic E-state index is -0.347. The van der Waals surface area contributed by atoms with Crippen molar-refractivity contribution in [3.63, 3.8) is 0 Å². The van der Waals surface area contributed by atoms with E-state index in [2.05, 4.69) is 18.8 Å². The highest BCUT2D eigenvalue weighted by Crippen LogP contribution is 2.27. The number of hydrogen-bond acceptors (Lipinski definition) is 4. The second kappa shape index (κ2) is 4.51. The van der Waals surface area contributed by atoms with Gasteiger partial charge in [0, 0.05) is 11.9 Å². The summed E-state index contributed by atoms with van der Waals surface area (Å²) in [6, 6.07) is -0.347. The van der Waals surface area contributed by atoms with Gasteiger partial charge < -0.3 is 5.73 Å².